The van der Waals surface area contributed by atoms with Gasteiger partial charge in [0.15, 0.2) is 0 Å². The predicted molar refractivity (Wildman–Crippen MR) is 121 cm³/mol. The molecular formula is C25H32F3NO5. The van der Waals surface area contributed by atoms with E-state index in [9.17, 15) is 33.3 Å². The van der Waals surface area contributed by atoms with E-state index in [2.05, 4.69) is 11.0 Å². The maximum atomic E-state index is 12.8. The van der Waals surface area contributed by atoms with E-state index < -0.39 is 30.1 Å². The fourth-order valence-corrected chi connectivity index (χ4v) is 3.67. The molecule has 0 bridgehead atoms. The molecule has 188 valence electrons. The van der Waals surface area contributed by atoms with E-state index in [-0.39, 0.29) is 30.6 Å². The van der Waals surface area contributed by atoms with E-state index in [0.717, 1.165) is 12.1 Å². The van der Waals surface area contributed by atoms with Crippen LogP contribution < -0.4 is 10.1 Å². The second kappa shape index (κ2) is 13.3. The molecule has 1 aromatic carbocycles. The first-order valence-electron chi connectivity index (χ1n) is 11.3. The van der Waals surface area contributed by atoms with Crippen LogP contribution in [0.1, 0.15) is 44.6 Å². The van der Waals surface area contributed by atoms with Crippen molar-refractivity contribution in [1.82, 2.24) is 5.32 Å². The third kappa shape index (κ3) is 8.99. The summed E-state index contributed by atoms with van der Waals surface area (Å²) in [5, 5.41) is 33.4. The second-order valence-corrected chi connectivity index (χ2v) is 8.15. The van der Waals surface area contributed by atoms with E-state index in [1.54, 1.807) is 0 Å². The second-order valence-electron chi connectivity index (χ2n) is 8.15. The van der Waals surface area contributed by atoms with E-state index in [1.165, 1.54) is 18.2 Å². The first-order chi connectivity index (χ1) is 16.1. The van der Waals surface area contributed by atoms with Crippen LogP contribution in [0.25, 0.3) is 0 Å². The summed E-state index contributed by atoms with van der Waals surface area (Å²) in [6, 6.07) is 4.36. The van der Waals surface area contributed by atoms with Crippen molar-refractivity contribution in [3.63, 3.8) is 0 Å². The molecule has 0 unspecified atom stereocenters. The van der Waals surface area contributed by atoms with Gasteiger partial charge < -0.3 is 25.4 Å². The Hall–Kier alpha value is -2.58. The zero-order valence-electron chi connectivity index (χ0n) is 19.1. The average Bonchev–Trinajstić information content (AvgIpc) is 3.05. The number of carbonyl (C=O) groups is 1. The summed E-state index contributed by atoms with van der Waals surface area (Å²) in [7, 11) is 0. The van der Waals surface area contributed by atoms with Crippen LogP contribution in [0, 0.1) is 5.92 Å². The molecule has 4 atom stereocenters. The molecule has 0 heterocycles. The third-order valence-corrected chi connectivity index (χ3v) is 5.42. The molecule has 4 N–H and O–H groups in total. The van der Waals surface area contributed by atoms with E-state index in [4.69, 9.17) is 4.74 Å². The topological polar surface area (TPSA) is 99.0 Å². The molecule has 34 heavy (non-hydrogen) atoms. The number of allylic oxidation sites excluding steroid dienone is 2. The van der Waals surface area contributed by atoms with Crippen molar-refractivity contribution in [3.05, 3.63) is 59.4 Å². The summed E-state index contributed by atoms with van der Waals surface area (Å²) in [6.45, 7) is 2.17. The number of carbonyl (C=O) groups excluding carboxylic acids is 1. The van der Waals surface area contributed by atoms with E-state index >= 15 is 0 Å². The highest BCUT2D eigenvalue weighted by atomic mass is 19.4. The summed E-state index contributed by atoms with van der Waals surface area (Å²) in [5.74, 6) is -0.389. The van der Waals surface area contributed by atoms with Gasteiger partial charge in [-0.2, -0.15) is 13.2 Å². The molecule has 0 aliphatic heterocycles. The summed E-state index contributed by atoms with van der Waals surface area (Å²) in [6.07, 6.45) is 0.241. The summed E-state index contributed by atoms with van der Waals surface area (Å²) in [4.78, 5) is 11.4. The summed E-state index contributed by atoms with van der Waals surface area (Å²) < 4.78 is 43.6. The number of hydrogen-bond donors (Lipinski definition) is 4. The highest BCUT2D eigenvalue weighted by molar-refractivity contribution is 5.75. The van der Waals surface area contributed by atoms with Crippen LogP contribution in [0.2, 0.25) is 0 Å². The molecule has 6 nitrogen and oxygen atoms in total. The van der Waals surface area contributed by atoms with Gasteiger partial charge in [-0.25, -0.2) is 0 Å². The number of aliphatic hydroxyl groups excluding tert-OH is 3. The number of ether oxygens (including phenoxy) is 1. The van der Waals surface area contributed by atoms with Crippen molar-refractivity contribution in [1.29, 1.82) is 0 Å². The standard InChI is InChI=1S/C25H32F3NO5/c1-2-29-24(33)11-6-4-3-5-10-20-21(23(32)15-22(20)31)13-12-18(30)16-34-19-9-7-8-17(14-19)25(26,27)28/h3,5,7-9,12,14,18,20,22-23,30-32H,2,4,6,10-11,15-16H2,1H3,(H,29,33)/b5-3-/t13?,18-,20-,22+,23-/m1/s1. The number of hydrogen-bond acceptors (Lipinski definition) is 5. The molecule has 1 fully saturated rings. The van der Waals surface area contributed by atoms with Crippen LogP contribution in [0.4, 0.5) is 13.2 Å². The SMILES string of the molecule is CCNC(=O)CCC/C=C\C[C@@H]1C(=C=C[C@@H](O)COc2cccc(C(F)(F)F)c2)[C@H](O)C[C@@H]1O. The van der Waals surface area contributed by atoms with Gasteiger partial charge in [-0.15, -0.1) is 5.73 Å². The highest BCUT2D eigenvalue weighted by Gasteiger charge is 2.36. The van der Waals surface area contributed by atoms with E-state index in [0.29, 0.717) is 37.8 Å². The van der Waals surface area contributed by atoms with Crippen LogP contribution in [0.15, 0.2) is 53.8 Å². The van der Waals surface area contributed by atoms with Crippen LogP contribution in [-0.2, 0) is 11.0 Å². The molecule has 1 aliphatic rings. The number of aliphatic hydroxyl groups is 3. The zero-order valence-corrected chi connectivity index (χ0v) is 19.1. The molecule has 2 rings (SSSR count). The summed E-state index contributed by atoms with van der Waals surface area (Å²) >= 11 is 0. The molecule has 0 aromatic heterocycles. The normalized spacial score (nSPS) is 21.4. The van der Waals surface area contributed by atoms with Gasteiger partial charge in [-0.1, -0.05) is 18.2 Å². The fraction of sp³-hybridized carbons (Fsp3) is 0.520. The van der Waals surface area contributed by atoms with Crippen molar-refractivity contribution in [2.75, 3.05) is 13.2 Å². The Morgan fingerprint density at radius 1 is 1.32 bits per heavy atom. The molecule has 1 aliphatic carbocycles. The van der Waals surface area contributed by atoms with Crippen molar-refractivity contribution in [2.45, 2.75) is 63.5 Å². The van der Waals surface area contributed by atoms with Gasteiger partial charge in [0, 0.05) is 30.9 Å². The number of amides is 1. The molecule has 0 saturated heterocycles. The Balaban J connectivity index is 1.91. The molecule has 0 spiro atoms. The van der Waals surface area contributed by atoms with Gasteiger partial charge in [-0.05, 0) is 50.5 Å². The monoisotopic (exact) mass is 483 g/mol. The predicted octanol–water partition coefficient (Wildman–Crippen LogP) is 3.52. The molecular weight excluding hydrogens is 451 g/mol. The number of unbranched alkanes of at least 4 members (excludes halogenated alkanes) is 1. The number of nitrogens with one attached hydrogen (secondary N) is 1. The molecule has 0 radical (unpaired) electrons. The van der Waals surface area contributed by atoms with Gasteiger partial charge in [0.25, 0.3) is 0 Å². The molecule has 1 amide bonds. The minimum Gasteiger partial charge on any atom is -0.491 e. The number of halogens is 3. The minimum atomic E-state index is -4.49. The van der Waals surface area contributed by atoms with Crippen LogP contribution >= 0.6 is 0 Å². The average molecular weight is 484 g/mol. The van der Waals surface area contributed by atoms with Crippen molar-refractivity contribution < 1.29 is 38.0 Å². The smallest absolute Gasteiger partial charge is 0.416 e. The van der Waals surface area contributed by atoms with Crippen molar-refractivity contribution >= 4 is 5.91 Å². The number of benzene rings is 1. The lowest BCUT2D eigenvalue weighted by molar-refractivity contribution is -0.137. The quantitative estimate of drug-likeness (QED) is 0.219. The fourth-order valence-electron chi connectivity index (χ4n) is 3.67. The highest BCUT2D eigenvalue weighted by Crippen LogP contribution is 2.34. The zero-order chi connectivity index (χ0) is 25.1. The van der Waals surface area contributed by atoms with Crippen molar-refractivity contribution in [2.24, 2.45) is 5.92 Å². The lowest BCUT2D eigenvalue weighted by Crippen LogP contribution is -2.21. The Kier molecular flexibility index (Phi) is 10.9. The maximum absolute atomic E-state index is 12.8. The third-order valence-electron chi connectivity index (χ3n) is 5.42. The number of rotatable bonds is 11. The Morgan fingerprint density at radius 3 is 2.79 bits per heavy atom. The first kappa shape index (κ1) is 27.7. The van der Waals surface area contributed by atoms with E-state index in [1.807, 2.05) is 19.1 Å². The van der Waals surface area contributed by atoms with Gasteiger partial charge in [0.05, 0.1) is 17.8 Å². The van der Waals surface area contributed by atoms with Gasteiger partial charge >= 0.3 is 6.18 Å². The van der Waals surface area contributed by atoms with Crippen LogP contribution in [0.3, 0.4) is 0 Å². The van der Waals surface area contributed by atoms with Crippen LogP contribution in [0.5, 0.6) is 5.75 Å². The maximum Gasteiger partial charge on any atom is 0.416 e. The molecule has 9 heteroatoms. The van der Waals surface area contributed by atoms with Gasteiger partial charge in [0.2, 0.25) is 5.91 Å². The summed E-state index contributed by atoms with van der Waals surface area (Å²) in [5.41, 5.74) is 2.46. The lowest BCUT2D eigenvalue weighted by Gasteiger charge is -2.13. The Bertz CT molecular complexity index is 893. The van der Waals surface area contributed by atoms with Crippen LogP contribution in [-0.4, -0.2) is 52.7 Å². The van der Waals surface area contributed by atoms with Gasteiger partial charge in [0.1, 0.15) is 18.5 Å². The largest absolute Gasteiger partial charge is 0.491 e. The molecule has 1 aromatic rings. The Morgan fingerprint density at radius 2 is 2.09 bits per heavy atom. The minimum absolute atomic E-state index is 0.0104. The lowest BCUT2D eigenvalue weighted by atomic mass is 9.96. The van der Waals surface area contributed by atoms with Crippen molar-refractivity contribution in [3.8, 4) is 5.75 Å². The number of alkyl halides is 3. The Labute approximate surface area is 197 Å². The first-order valence-corrected chi connectivity index (χ1v) is 11.3. The van der Waals surface area contributed by atoms with Gasteiger partial charge in [-0.3, -0.25) is 4.79 Å². The molecule has 1 saturated carbocycles.